The number of amides is 1. The molecule has 1 amide bonds. The van der Waals surface area contributed by atoms with Crippen molar-refractivity contribution in [2.45, 2.75) is 13.1 Å². The second-order valence-corrected chi connectivity index (χ2v) is 5.76. The normalized spacial score (nSPS) is 10.7. The highest BCUT2D eigenvalue weighted by atomic mass is 32.1. The fourth-order valence-corrected chi connectivity index (χ4v) is 2.77. The number of hydrogen-bond acceptors (Lipinski definition) is 6. The maximum atomic E-state index is 12.4. The quantitative estimate of drug-likeness (QED) is 0.710. The van der Waals surface area contributed by atoms with Gasteiger partial charge in [0.2, 0.25) is 5.91 Å². The molecule has 7 nitrogen and oxygen atoms in total. The number of likely N-dealkylation sites (N-methyl/N-ethyl adjacent to an activating group) is 1. The summed E-state index contributed by atoms with van der Waals surface area (Å²) in [6.45, 7) is 0.359. The lowest BCUT2D eigenvalue weighted by molar-refractivity contribution is -0.131. The molecule has 0 atom stereocenters. The van der Waals surface area contributed by atoms with Gasteiger partial charge in [-0.2, -0.15) is 11.3 Å². The molecule has 0 aromatic carbocycles. The van der Waals surface area contributed by atoms with Crippen molar-refractivity contribution < 1.29 is 9.32 Å². The summed E-state index contributed by atoms with van der Waals surface area (Å²) in [4.78, 5) is 29.7. The van der Waals surface area contributed by atoms with Crippen LogP contribution in [0, 0.1) is 0 Å². The van der Waals surface area contributed by atoms with Gasteiger partial charge in [0.05, 0.1) is 0 Å². The fourth-order valence-electron chi connectivity index (χ4n) is 2.11. The Morgan fingerprint density at radius 3 is 3.00 bits per heavy atom. The molecule has 0 aliphatic carbocycles. The lowest BCUT2D eigenvalue weighted by Crippen LogP contribution is -2.32. The SMILES string of the molecule is CN(Cc1ccsc1)C(=O)Cn1c(-c2cccnc2)noc1=O. The van der Waals surface area contributed by atoms with Gasteiger partial charge in [0, 0.05) is 31.5 Å². The van der Waals surface area contributed by atoms with Gasteiger partial charge in [-0.05, 0) is 34.5 Å². The van der Waals surface area contributed by atoms with E-state index in [0.717, 1.165) is 5.56 Å². The molecule has 8 heteroatoms. The van der Waals surface area contributed by atoms with Crippen molar-refractivity contribution in [2.75, 3.05) is 7.05 Å². The molecule has 3 aromatic rings. The van der Waals surface area contributed by atoms with Gasteiger partial charge in [0.15, 0.2) is 5.82 Å². The van der Waals surface area contributed by atoms with Crippen LogP contribution in [-0.2, 0) is 17.9 Å². The molecule has 0 N–H and O–H groups in total. The molecule has 0 aliphatic rings. The van der Waals surface area contributed by atoms with E-state index >= 15 is 0 Å². The number of carbonyl (C=O) groups excluding carboxylic acids is 1. The summed E-state index contributed by atoms with van der Waals surface area (Å²) in [6, 6.07) is 5.44. The number of nitrogens with zero attached hydrogens (tertiary/aromatic N) is 4. The van der Waals surface area contributed by atoms with Crippen molar-refractivity contribution in [3.63, 3.8) is 0 Å². The predicted octanol–water partition coefficient (Wildman–Crippen LogP) is 1.62. The average molecular weight is 330 g/mol. The van der Waals surface area contributed by atoms with Crippen molar-refractivity contribution in [2.24, 2.45) is 0 Å². The molecule has 0 aliphatic heterocycles. The third kappa shape index (κ3) is 3.37. The smallest absolute Gasteiger partial charge is 0.340 e. The van der Waals surface area contributed by atoms with Crippen LogP contribution in [0.15, 0.2) is 50.7 Å². The second kappa shape index (κ2) is 6.57. The Morgan fingerprint density at radius 1 is 1.43 bits per heavy atom. The summed E-state index contributed by atoms with van der Waals surface area (Å²) < 4.78 is 5.91. The highest BCUT2D eigenvalue weighted by Gasteiger charge is 2.18. The zero-order chi connectivity index (χ0) is 16.2. The summed E-state index contributed by atoms with van der Waals surface area (Å²) in [7, 11) is 1.70. The molecule has 0 bridgehead atoms. The molecular weight excluding hydrogens is 316 g/mol. The van der Waals surface area contributed by atoms with E-state index in [4.69, 9.17) is 4.52 Å². The molecule has 0 unspecified atom stereocenters. The molecule has 0 spiro atoms. The van der Waals surface area contributed by atoms with E-state index < -0.39 is 5.76 Å². The Morgan fingerprint density at radius 2 is 2.30 bits per heavy atom. The first-order chi connectivity index (χ1) is 11.1. The summed E-state index contributed by atoms with van der Waals surface area (Å²) >= 11 is 1.58. The van der Waals surface area contributed by atoms with E-state index in [9.17, 15) is 9.59 Å². The molecule has 0 fully saturated rings. The standard InChI is InChI=1S/C15H14N4O3S/c1-18(8-11-4-6-23-10-11)13(20)9-19-14(17-22-15(19)21)12-3-2-5-16-7-12/h2-7,10H,8-9H2,1H3. The average Bonchev–Trinajstić information content (AvgIpc) is 3.19. The van der Waals surface area contributed by atoms with Gasteiger partial charge in [-0.3, -0.25) is 14.3 Å². The molecular formula is C15H14N4O3S. The lowest BCUT2D eigenvalue weighted by atomic mass is 10.2. The van der Waals surface area contributed by atoms with Crippen LogP contribution in [0.5, 0.6) is 0 Å². The Balaban J connectivity index is 1.79. The third-order valence-corrected chi connectivity index (χ3v) is 4.06. The predicted molar refractivity (Wildman–Crippen MR) is 84.8 cm³/mol. The van der Waals surface area contributed by atoms with Gasteiger partial charge in [0.1, 0.15) is 6.54 Å². The maximum Gasteiger partial charge on any atom is 0.442 e. The Labute approximate surface area is 135 Å². The first kappa shape index (κ1) is 15.2. The zero-order valence-electron chi connectivity index (χ0n) is 12.4. The number of pyridine rings is 1. The summed E-state index contributed by atoms with van der Waals surface area (Å²) in [5.74, 6) is -0.576. The third-order valence-electron chi connectivity index (χ3n) is 3.32. The van der Waals surface area contributed by atoms with Crippen LogP contribution in [0.2, 0.25) is 0 Å². The second-order valence-electron chi connectivity index (χ2n) is 4.98. The van der Waals surface area contributed by atoms with Gasteiger partial charge in [0.25, 0.3) is 0 Å². The van der Waals surface area contributed by atoms with Crippen molar-refractivity contribution in [1.82, 2.24) is 19.6 Å². The minimum atomic E-state index is -0.666. The maximum absolute atomic E-state index is 12.4. The molecule has 3 rings (SSSR count). The first-order valence-corrected chi connectivity index (χ1v) is 7.81. The van der Waals surface area contributed by atoms with Gasteiger partial charge in [-0.25, -0.2) is 9.36 Å². The monoisotopic (exact) mass is 330 g/mol. The van der Waals surface area contributed by atoms with Crippen molar-refractivity contribution in [1.29, 1.82) is 0 Å². The van der Waals surface area contributed by atoms with Gasteiger partial charge >= 0.3 is 5.76 Å². The molecule has 3 heterocycles. The Kier molecular flexibility index (Phi) is 4.33. The van der Waals surface area contributed by atoms with Crippen LogP contribution in [0.3, 0.4) is 0 Å². The van der Waals surface area contributed by atoms with E-state index in [1.165, 1.54) is 4.57 Å². The van der Waals surface area contributed by atoms with Crippen molar-refractivity contribution >= 4 is 17.2 Å². The molecule has 0 radical (unpaired) electrons. The van der Waals surface area contributed by atoms with E-state index in [1.54, 1.807) is 47.8 Å². The summed E-state index contributed by atoms with van der Waals surface area (Å²) in [5.41, 5.74) is 1.67. The van der Waals surface area contributed by atoms with E-state index in [-0.39, 0.29) is 12.5 Å². The van der Waals surface area contributed by atoms with Gasteiger partial charge in [-0.1, -0.05) is 5.16 Å². The first-order valence-electron chi connectivity index (χ1n) is 6.87. The Bertz CT molecular complexity index is 839. The number of carbonyl (C=O) groups is 1. The van der Waals surface area contributed by atoms with E-state index in [0.29, 0.717) is 17.9 Å². The highest BCUT2D eigenvalue weighted by molar-refractivity contribution is 7.07. The van der Waals surface area contributed by atoms with Crippen LogP contribution in [0.4, 0.5) is 0 Å². The van der Waals surface area contributed by atoms with Crippen LogP contribution in [0.25, 0.3) is 11.4 Å². The molecule has 0 saturated heterocycles. The van der Waals surface area contributed by atoms with Crippen LogP contribution >= 0.6 is 11.3 Å². The largest absolute Gasteiger partial charge is 0.442 e. The van der Waals surface area contributed by atoms with E-state index in [1.807, 2.05) is 16.8 Å². The molecule has 23 heavy (non-hydrogen) atoms. The van der Waals surface area contributed by atoms with Crippen LogP contribution < -0.4 is 5.76 Å². The number of hydrogen-bond donors (Lipinski definition) is 0. The lowest BCUT2D eigenvalue weighted by Gasteiger charge is -2.16. The van der Waals surface area contributed by atoms with Gasteiger partial charge in [-0.15, -0.1) is 0 Å². The minimum Gasteiger partial charge on any atom is -0.340 e. The molecule has 118 valence electrons. The topological polar surface area (TPSA) is 81.2 Å². The highest BCUT2D eigenvalue weighted by Crippen LogP contribution is 2.14. The molecule has 0 saturated carbocycles. The number of rotatable bonds is 5. The zero-order valence-corrected chi connectivity index (χ0v) is 13.2. The summed E-state index contributed by atoms with van der Waals surface area (Å²) in [5, 5.41) is 7.68. The summed E-state index contributed by atoms with van der Waals surface area (Å²) in [6.07, 6.45) is 3.18. The minimum absolute atomic E-state index is 0.132. The van der Waals surface area contributed by atoms with Crippen LogP contribution in [0.1, 0.15) is 5.56 Å². The molecule has 3 aromatic heterocycles. The van der Waals surface area contributed by atoms with E-state index in [2.05, 4.69) is 10.1 Å². The Hall–Kier alpha value is -2.74. The van der Waals surface area contributed by atoms with Crippen molar-refractivity contribution in [3.05, 3.63) is 57.5 Å². The van der Waals surface area contributed by atoms with Crippen molar-refractivity contribution in [3.8, 4) is 11.4 Å². The fraction of sp³-hybridized carbons (Fsp3) is 0.200. The number of aromatic nitrogens is 3. The number of thiophene rings is 1. The van der Waals surface area contributed by atoms with Gasteiger partial charge < -0.3 is 4.90 Å². The van der Waals surface area contributed by atoms with Crippen LogP contribution in [-0.4, -0.2) is 32.6 Å².